The van der Waals surface area contributed by atoms with Crippen LogP contribution in [0.2, 0.25) is 0 Å². The Bertz CT molecular complexity index is 376. The van der Waals surface area contributed by atoms with Crippen molar-refractivity contribution in [3.63, 3.8) is 0 Å². The Hall–Kier alpha value is -1.09. The molecule has 0 atom stereocenters. The first-order valence-corrected chi connectivity index (χ1v) is 7.00. The highest BCUT2D eigenvalue weighted by molar-refractivity contribution is 5.47. The average molecular weight is 247 g/mol. The summed E-state index contributed by atoms with van der Waals surface area (Å²) in [7, 11) is 0. The molecule has 1 aromatic rings. The van der Waals surface area contributed by atoms with E-state index in [9.17, 15) is 0 Å². The summed E-state index contributed by atoms with van der Waals surface area (Å²) in [5, 5.41) is 3.54. The normalized spacial score (nSPS) is 16.3. The molecule has 18 heavy (non-hydrogen) atoms. The summed E-state index contributed by atoms with van der Waals surface area (Å²) in [6.07, 6.45) is 5.57. The molecule has 2 rings (SSSR count). The van der Waals surface area contributed by atoms with Gasteiger partial charge in [-0.15, -0.1) is 0 Å². The number of anilines is 1. The van der Waals surface area contributed by atoms with Gasteiger partial charge in [0.25, 0.3) is 0 Å². The fourth-order valence-corrected chi connectivity index (χ4v) is 2.41. The van der Waals surface area contributed by atoms with Crippen LogP contribution < -0.4 is 10.2 Å². The van der Waals surface area contributed by atoms with Crippen molar-refractivity contribution in [2.75, 3.05) is 24.5 Å². The second-order valence-corrected chi connectivity index (χ2v) is 6.11. The van der Waals surface area contributed by atoms with Crippen LogP contribution in [-0.2, 0) is 6.42 Å². The van der Waals surface area contributed by atoms with Crippen LogP contribution in [0.3, 0.4) is 0 Å². The molecule has 100 valence electrons. The zero-order valence-electron chi connectivity index (χ0n) is 11.9. The molecule has 1 fully saturated rings. The number of pyridine rings is 1. The highest BCUT2D eigenvalue weighted by Gasteiger charge is 2.16. The molecule has 0 aliphatic carbocycles. The molecular weight excluding hydrogens is 222 g/mol. The number of nitrogens with one attached hydrogen (secondary N) is 1. The molecule has 1 saturated heterocycles. The van der Waals surface area contributed by atoms with Crippen molar-refractivity contribution in [3.8, 4) is 0 Å². The van der Waals surface area contributed by atoms with Gasteiger partial charge in [0.2, 0.25) is 0 Å². The van der Waals surface area contributed by atoms with Crippen LogP contribution in [0.15, 0.2) is 18.3 Å². The van der Waals surface area contributed by atoms with Gasteiger partial charge in [0.05, 0.1) is 0 Å². The van der Waals surface area contributed by atoms with Crippen LogP contribution in [0.5, 0.6) is 0 Å². The summed E-state index contributed by atoms with van der Waals surface area (Å²) >= 11 is 0. The van der Waals surface area contributed by atoms with Crippen molar-refractivity contribution in [3.05, 3.63) is 23.9 Å². The van der Waals surface area contributed by atoms with Gasteiger partial charge >= 0.3 is 0 Å². The molecule has 1 N–H and O–H groups in total. The monoisotopic (exact) mass is 247 g/mol. The van der Waals surface area contributed by atoms with Gasteiger partial charge in [-0.2, -0.15) is 0 Å². The maximum Gasteiger partial charge on any atom is 0.131 e. The summed E-state index contributed by atoms with van der Waals surface area (Å²) in [5.74, 6) is 1.20. The van der Waals surface area contributed by atoms with Crippen LogP contribution in [0.1, 0.15) is 39.2 Å². The van der Waals surface area contributed by atoms with Gasteiger partial charge in [-0.1, -0.05) is 6.07 Å². The predicted molar refractivity (Wildman–Crippen MR) is 77.1 cm³/mol. The highest BCUT2D eigenvalue weighted by Crippen LogP contribution is 2.22. The lowest BCUT2D eigenvalue weighted by Gasteiger charge is -2.23. The SMILES string of the molecule is CC(C)(C)NCCc1cccnc1N1CCCC1. The minimum atomic E-state index is 0.190. The van der Waals surface area contributed by atoms with E-state index in [4.69, 9.17) is 0 Å². The molecule has 2 heterocycles. The van der Waals surface area contributed by atoms with Gasteiger partial charge in [0.15, 0.2) is 0 Å². The number of hydrogen-bond acceptors (Lipinski definition) is 3. The van der Waals surface area contributed by atoms with Gasteiger partial charge in [0.1, 0.15) is 5.82 Å². The standard InChI is InChI=1S/C15H25N3/c1-15(2,3)17-10-8-13-7-6-9-16-14(13)18-11-4-5-12-18/h6-7,9,17H,4-5,8,10-12H2,1-3H3. The first-order chi connectivity index (χ1) is 8.56. The van der Waals surface area contributed by atoms with Crippen LogP contribution in [0, 0.1) is 0 Å². The molecule has 0 radical (unpaired) electrons. The van der Waals surface area contributed by atoms with Crippen molar-refractivity contribution in [1.82, 2.24) is 10.3 Å². The zero-order valence-corrected chi connectivity index (χ0v) is 11.9. The summed E-state index contributed by atoms with van der Waals surface area (Å²) < 4.78 is 0. The number of rotatable bonds is 4. The molecule has 1 aliphatic heterocycles. The van der Waals surface area contributed by atoms with Gasteiger partial charge < -0.3 is 10.2 Å². The largest absolute Gasteiger partial charge is 0.356 e. The van der Waals surface area contributed by atoms with Crippen molar-refractivity contribution in [2.24, 2.45) is 0 Å². The van der Waals surface area contributed by atoms with Crippen molar-refractivity contribution < 1.29 is 0 Å². The fraction of sp³-hybridized carbons (Fsp3) is 0.667. The zero-order chi connectivity index (χ0) is 13.0. The Morgan fingerprint density at radius 1 is 1.28 bits per heavy atom. The third kappa shape index (κ3) is 3.70. The van der Waals surface area contributed by atoms with Gasteiger partial charge in [-0.05, 0) is 58.2 Å². The topological polar surface area (TPSA) is 28.2 Å². The van der Waals surface area contributed by atoms with E-state index in [-0.39, 0.29) is 5.54 Å². The molecule has 1 aliphatic rings. The van der Waals surface area contributed by atoms with Crippen LogP contribution in [-0.4, -0.2) is 30.2 Å². The van der Waals surface area contributed by atoms with Gasteiger partial charge in [0, 0.05) is 24.8 Å². The lowest BCUT2D eigenvalue weighted by molar-refractivity contribution is 0.429. The molecule has 0 aromatic carbocycles. The summed E-state index contributed by atoms with van der Waals surface area (Å²) in [6.45, 7) is 9.95. The Labute approximate surface area is 111 Å². The van der Waals surface area contributed by atoms with Gasteiger partial charge in [-0.3, -0.25) is 0 Å². The van der Waals surface area contributed by atoms with E-state index < -0.39 is 0 Å². The molecular formula is C15H25N3. The van der Waals surface area contributed by atoms with E-state index >= 15 is 0 Å². The smallest absolute Gasteiger partial charge is 0.131 e. The summed E-state index contributed by atoms with van der Waals surface area (Å²) in [4.78, 5) is 7.00. The molecule has 0 unspecified atom stereocenters. The molecule has 0 saturated carbocycles. The minimum Gasteiger partial charge on any atom is -0.356 e. The fourth-order valence-electron chi connectivity index (χ4n) is 2.41. The van der Waals surface area contributed by atoms with Crippen LogP contribution in [0.4, 0.5) is 5.82 Å². The van der Waals surface area contributed by atoms with E-state index in [0.717, 1.165) is 26.1 Å². The summed E-state index contributed by atoms with van der Waals surface area (Å²) in [5.41, 5.74) is 1.56. The molecule has 1 aromatic heterocycles. The minimum absolute atomic E-state index is 0.190. The average Bonchev–Trinajstić information content (AvgIpc) is 2.81. The molecule has 0 spiro atoms. The van der Waals surface area contributed by atoms with E-state index in [1.165, 1.54) is 24.2 Å². The van der Waals surface area contributed by atoms with E-state index in [2.05, 4.69) is 42.0 Å². The third-order valence-electron chi connectivity index (χ3n) is 3.32. The third-order valence-corrected chi connectivity index (χ3v) is 3.32. The second-order valence-electron chi connectivity index (χ2n) is 6.11. The maximum atomic E-state index is 4.57. The Balaban J connectivity index is 1.99. The Morgan fingerprint density at radius 2 is 2.00 bits per heavy atom. The lowest BCUT2D eigenvalue weighted by atomic mass is 10.1. The van der Waals surface area contributed by atoms with Crippen molar-refractivity contribution in [2.45, 2.75) is 45.6 Å². The van der Waals surface area contributed by atoms with E-state index in [1.54, 1.807) is 0 Å². The second kappa shape index (κ2) is 5.70. The number of hydrogen-bond donors (Lipinski definition) is 1. The maximum absolute atomic E-state index is 4.57. The first kappa shape index (κ1) is 13.3. The number of nitrogens with zero attached hydrogens (tertiary/aromatic N) is 2. The highest BCUT2D eigenvalue weighted by atomic mass is 15.2. The number of aromatic nitrogens is 1. The molecule has 0 amide bonds. The lowest BCUT2D eigenvalue weighted by Crippen LogP contribution is -2.37. The van der Waals surface area contributed by atoms with Crippen LogP contribution in [0.25, 0.3) is 0 Å². The molecule has 3 nitrogen and oxygen atoms in total. The first-order valence-electron chi connectivity index (χ1n) is 7.00. The summed E-state index contributed by atoms with van der Waals surface area (Å²) in [6, 6.07) is 4.26. The van der Waals surface area contributed by atoms with Crippen molar-refractivity contribution >= 4 is 5.82 Å². The van der Waals surface area contributed by atoms with Crippen molar-refractivity contribution in [1.29, 1.82) is 0 Å². The Kier molecular flexibility index (Phi) is 4.23. The van der Waals surface area contributed by atoms with Gasteiger partial charge in [-0.25, -0.2) is 4.98 Å². The molecule has 0 bridgehead atoms. The van der Waals surface area contributed by atoms with Crippen LogP contribution >= 0.6 is 0 Å². The van der Waals surface area contributed by atoms with E-state index in [0.29, 0.717) is 0 Å². The van der Waals surface area contributed by atoms with E-state index in [1.807, 2.05) is 12.3 Å². The molecule has 3 heteroatoms. The Morgan fingerprint density at radius 3 is 2.67 bits per heavy atom. The quantitative estimate of drug-likeness (QED) is 0.886. The predicted octanol–water partition coefficient (Wildman–Crippen LogP) is 2.61.